The van der Waals surface area contributed by atoms with E-state index in [1.54, 1.807) is 6.07 Å². The highest BCUT2D eigenvalue weighted by molar-refractivity contribution is 5.91. The van der Waals surface area contributed by atoms with E-state index in [0.29, 0.717) is 5.76 Å². The van der Waals surface area contributed by atoms with Gasteiger partial charge in [-0.1, -0.05) is 44.2 Å². The van der Waals surface area contributed by atoms with Crippen molar-refractivity contribution in [1.82, 2.24) is 10.2 Å². The minimum atomic E-state index is -0.153. The predicted molar refractivity (Wildman–Crippen MR) is 92.4 cm³/mol. The quantitative estimate of drug-likeness (QED) is 0.811. The first-order valence-corrected chi connectivity index (χ1v) is 8.28. The molecule has 0 aliphatic rings. The number of amides is 1. The first-order valence-electron chi connectivity index (χ1n) is 8.28. The van der Waals surface area contributed by atoms with Crippen molar-refractivity contribution in [1.29, 1.82) is 0 Å². The van der Waals surface area contributed by atoms with Gasteiger partial charge >= 0.3 is 0 Å². The summed E-state index contributed by atoms with van der Waals surface area (Å²) in [5.74, 6) is 1.06. The van der Waals surface area contributed by atoms with Crippen LogP contribution < -0.4 is 5.32 Å². The average molecular weight is 314 g/mol. The van der Waals surface area contributed by atoms with Crippen LogP contribution in [0.4, 0.5) is 0 Å². The fourth-order valence-corrected chi connectivity index (χ4v) is 2.57. The Bertz CT molecular complexity index is 603. The maximum atomic E-state index is 12.3. The van der Waals surface area contributed by atoms with E-state index in [0.717, 1.165) is 31.8 Å². The van der Waals surface area contributed by atoms with E-state index >= 15 is 0 Å². The van der Waals surface area contributed by atoms with Crippen LogP contribution in [0.3, 0.4) is 0 Å². The summed E-state index contributed by atoms with van der Waals surface area (Å²) >= 11 is 0. The molecule has 1 amide bonds. The zero-order chi connectivity index (χ0) is 16.7. The van der Waals surface area contributed by atoms with E-state index in [4.69, 9.17) is 4.42 Å². The van der Waals surface area contributed by atoms with Gasteiger partial charge in [0.25, 0.3) is 5.91 Å². The van der Waals surface area contributed by atoms with Crippen LogP contribution in [0.25, 0.3) is 0 Å². The summed E-state index contributed by atoms with van der Waals surface area (Å²) in [6.07, 6.45) is 0.805. The molecule has 0 bridgehead atoms. The molecule has 1 aromatic carbocycles. The molecule has 23 heavy (non-hydrogen) atoms. The standard InChI is InChI=1S/C19H26N2O2/c1-4-21(5-2)14-17-11-12-18(23-17)19(22)20-15(3)13-16-9-7-6-8-10-16/h6-12,15H,4-5,13-14H2,1-3H3,(H,20,22). The second kappa shape index (κ2) is 8.53. The molecule has 1 atom stereocenters. The van der Waals surface area contributed by atoms with E-state index in [2.05, 4.69) is 36.2 Å². The van der Waals surface area contributed by atoms with Gasteiger partial charge < -0.3 is 9.73 Å². The fourth-order valence-electron chi connectivity index (χ4n) is 2.57. The van der Waals surface area contributed by atoms with Gasteiger partial charge in [0.1, 0.15) is 5.76 Å². The third-order valence-corrected chi connectivity index (χ3v) is 3.92. The van der Waals surface area contributed by atoms with E-state index in [1.807, 2.05) is 31.2 Å². The first-order chi connectivity index (χ1) is 11.1. The Balaban J connectivity index is 1.89. The molecular formula is C19H26N2O2. The molecule has 0 saturated heterocycles. The lowest BCUT2D eigenvalue weighted by Crippen LogP contribution is -2.33. The van der Waals surface area contributed by atoms with Gasteiger partial charge in [-0.25, -0.2) is 0 Å². The number of hydrogen-bond donors (Lipinski definition) is 1. The Labute approximate surface area is 138 Å². The fraction of sp³-hybridized carbons (Fsp3) is 0.421. The topological polar surface area (TPSA) is 45.5 Å². The highest BCUT2D eigenvalue weighted by Gasteiger charge is 2.15. The molecule has 0 aliphatic carbocycles. The van der Waals surface area contributed by atoms with E-state index < -0.39 is 0 Å². The van der Waals surface area contributed by atoms with Crippen LogP contribution in [-0.4, -0.2) is 29.9 Å². The summed E-state index contributed by atoms with van der Waals surface area (Å²) in [6, 6.07) is 13.8. The van der Waals surface area contributed by atoms with Crippen LogP contribution in [-0.2, 0) is 13.0 Å². The van der Waals surface area contributed by atoms with Gasteiger partial charge in [0.05, 0.1) is 6.54 Å². The highest BCUT2D eigenvalue weighted by Crippen LogP contribution is 2.11. The van der Waals surface area contributed by atoms with Crippen molar-refractivity contribution < 1.29 is 9.21 Å². The Morgan fingerprint density at radius 2 is 1.83 bits per heavy atom. The summed E-state index contributed by atoms with van der Waals surface area (Å²) in [7, 11) is 0. The van der Waals surface area contributed by atoms with Gasteiger partial charge in [-0.3, -0.25) is 9.69 Å². The van der Waals surface area contributed by atoms with Crippen molar-refractivity contribution in [3.63, 3.8) is 0 Å². The van der Waals surface area contributed by atoms with E-state index in [1.165, 1.54) is 5.56 Å². The van der Waals surface area contributed by atoms with Gasteiger partial charge in [-0.2, -0.15) is 0 Å². The monoisotopic (exact) mass is 314 g/mol. The summed E-state index contributed by atoms with van der Waals surface area (Å²) in [6.45, 7) is 8.90. The van der Waals surface area contributed by atoms with Crippen molar-refractivity contribution in [2.24, 2.45) is 0 Å². The van der Waals surface area contributed by atoms with Gasteiger partial charge in [-0.15, -0.1) is 0 Å². The maximum absolute atomic E-state index is 12.3. The maximum Gasteiger partial charge on any atom is 0.287 e. The summed E-state index contributed by atoms with van der Waals surface area (Å²) in [5.41, 5.74) is 1.21. The second-order valence-corrected chi connectivity index (χ2v) is 5.79. The molecule has 1 N–H and O–H groups in total. The zero-order valence-corrected chi connectivity index (χ0v) is 14.2. The Morgan fingerprint density at radius 1 is 1.13 bits per heavy atom. The van der Waals surface area contributed by atoms with Crippen molar-refractivity contribution in [2.75, 3.05) is 13.1 Å². The van der Waals surface area contributed by atoms with Gasteiger partial charge in [0.2, 0.25) is 0 Å². The predicted octanol–water partition coefficient (Wildman–Crippen LogP) is 3.48. The van der Waals surface area contributed by atoms with Crippen molar-refractivity contribution in [3.8, 4) is 0 Å². The molecule has 4 nitrogen and oxygen atoms in total. The number of carbonyl (C=O) groups is 1. The van der Waals surface area contributed by atoms with E-state index in [-0.39, 0.29) is 11.9 Å². The lowest BCUT2D eigenvalue weighted by Gasteiger charge is -2.16. The normalized spacial score (nSPS) is 12.3. The van der Waals surface area contributed by atoms with Crippen LogP contribution >= 0.6 is 0 Å². The first kappa shape index (κ1) is 17.3. The molecule has 124 valence electrons. The summed E-state index contributed by atoms with van der Waals surface area (Å²) < 4.78 is 5.68. The Kier molecular flexibility index (Phi) is 6.41. The molecule has 0 radical (unpaired) electrons. The average Bonchev–Trinajstić information content (AvgIpc) is 3.02. The number of rotatable bonds is 8. The smallest absolute Gasteiger partial charge is 0.287 e. The molecule has 0 saturated carbocycles. The number of furan rings is 1. The molecule has 2 aromatic rings. The second-order valence-electron chi connectivity index (χ2n) is 5.79. The van der Waals surface area contributed by atoms with Crippen molar-refractivity contribution >= 4 is 5.91 Å². The van der Waals surface area contributed by atoms with Crippen LogP contribution in [0.5, 0.6) is 0 Å². The molecule has 1 aromatic heterocycles. The Hall–Kier alpha value is -2.07. The number of benzene rings is 1. The van der Waals surface area contributed by atoms with Gasteiger partial charge in [-0.05, 0) is 44.1 Å². The largest absolute Gasteiger partial charge is 0.455 e. The number of hydrogen-bond acceptors (Lipinski definition) is 3. The zero-order valence-electron chi connectivity index (χ0n) is 14.2. The Morgan fingerprint density at radius 3 is 2.48 bits per heavy atom. The molecule has 0 spiro atoms. The molecule has 0 aliphatic heterocycles. The van der Waals surface area contributed by atoms with Crippen LogP contribution in [0.1, 0.15) is 42.6 Å². The number of carbonyl (C=O) groups excluding carboxylic acids is 1. The van der Waals surface area contributed by atoms with Crippen LogP contribution in [0.2, 0.25) is 0 Å². The van der Waals surface area contributed by atoms with Crippen LogP contribution in [0.15, 0.2) is 46.9 Å². The summed E-state index contributed by atoms with van der Waals surface area (Å²) in [4.78, 5) is 14.5. The minimum Gasteiger partial charge on any atom is -0.455 e. The van der Waals surface area contributed by atoms with Crippen molar-refractivity contribution in [2.45, 2.75) is 39.8 Å². The minimum absolute atomic E-state index is 0.0567. The summed E-state index contributed by atoms with van der Waals surface area (Å²) in [5, 5.41) is 2.99. The van der Waals surface area contributed by atoms with Crippen LogP contribution in [0, 0.1) is 0 Å². The molecular weight excluding hydrogens is 288 g/mol. The highest BCUT2D eigenvalue weighted by atomic mass is 16.4. The molecule has 1 unspecified atom stereocenters. The number of nitrogens with one attached hydrogen (secondary N) is 1. The lowest BCUT2D eigenvalue weighted by molar-refractivity contribution is 0.0908. The van der Waals surface area contributed by atoms with Gasteiger partial charge in [0.15, 0.2) is 5.76 Å². The molecule has 4 heteroatoms. The van der Waals surface area contributed by atoms with Gasteiger partial charge in [0, 0.05) is 6.04 Å². The van der Waals surface area contributed by atoms with E-state index in [9.17, 15) is 4.79 Å². The SMILES string of the molecule is CCN(CC)Cc1ccc(C(=O)NC(C)Cc2ccccc2)o1. The number of nitrogens with zero attached hydrogens (tertiary/aromatic N) is 1. The molecule has 1 heterocycles. The molecule has 0 fully saturated rings. The third-order valence-electron chi connectivity index (χ3n) is 3.92. The third kappa shape index (κ3) is 5.25. The lowest BCUT2D eigenvalue weighted by atomic mass is 10.1. The molecule has 2 rings (SSSR count). The van der Waals surface area contributed by atoms with Crippen molar-refractivity contribution in [3.05, 3.63) is 59.5 Å².